The fraction of sp³-hybridized carbons (Fsp3) is 0.136. The number of benzene rings is 2. The second-order valence-electron chi connectivity index (χ2n) is 6.65. The first-order valence-corrected chi connectivity index (χ1v) is 10.6. The molecule has 3 rings (SSSR count). The first kappa shape index (κ1) is 22.8. The summed E-state index contributed by atoms with van der Waals surface area (Å²) in [5.41, 5.74) is 2.18. The van der Waals surface area contributed by atoms with Crippen LogP contribution in [-0.2, 0) is 4.74 Å². The van der Waals surface area contributed by atoms with E-state index < -0.39 is 17.8 Å². The lowest BCUT2D eigenvalue weighted by atomic mass is 10.1. The number of rotatable bonds is 5. The molecule has 9 heteroatoms. The van der Waals surface area contributed by atoms with E-state index in [9.17, 15) is 14.4 Å². The average molecular weight is 477 g/mol. The number of nitrogens with one attached hydrogen (secondary N) is 2. The van der Waals surface area contributed by atoms with Crippen LogP contribution in [0.1, 0.15) is 41.5 Å². The summed E-state index contributed by atoms with van der Waals surface area (Å²) in [6, 6.07) is 11.7. The fourth-order valence-corrected chi connectivity index (χ4v) is 4.32. The minimum absolute atomic E-state index is 0.121. The van der Waals surface area contributed by atoms with Gasteiger partial charge in [-0.2, -0.15) is 0 Å². The Morgan fingerprint density at radius 3 is 2.39 bits per heavy atom. The van der Waals surface area contributed by atoms with Crippen molar-refractivity contribution in [2.75, 3.05) is 17.7 Å². The highest BCUT2D eigenvalue weighted by Crippen LogP contribution is 2.35. The van der Waals surface area contributed by atoms with Crippen LogP contribution in [0.3, 0.4) is 0 Å². The zero-order valence-electron chi connectivity index (χ0n) is 16.8. The van der Waals surface area contributed by atoms with Gasteiger partial charge in [0, 0.05) is 10.6 Å². The van der Waals surface area contributed by atoms with Gasteiger partial charge in [0.1, 0.15) is 5.00 Å². The molecule has 0 unspecified atom stereocenters. The molecule has 0 aliphatic carbocycles. The Labute approximate surface area is 193 Å². The lowest BCUT2D eigenvalue weighted by Gasteiger charge is -2.07. The molecular weight excluding hydrogens is 459 g/mol. The van der Waals surface area contributed by atoms with E-state index in [1.54, 1.807) is 37.3 Å². The smallest absolute Gasteiger partial charge is 0.341 e. The Balaban J connectivity index is 1.96. The fourth-order valence-electron chi connectivity index (χ4n) is 2.90. The highest BCUT2D eigenvalue weighted by Gasteiger charge is 2.27. The van der Waals surface area contributed by atoms with Crippen molar-refractivity contribution in [2.45, 2.75) is 13.8 Å². The second kappa shape index (κ2) is 9.51. The summed E-state index contributed by atoms with van der Waals surface area (Å²) < 4.78 is 4.86. The molecule has 160 valence electrons. The van der Waals surface area contributed by atoms with Crippen LogP contribution >= 0.6 is 34.5 Å². The normalized spacial score (nSPS) is 10.5. The Morgan fingerprint density at radius 2 is 1.71 bits per heavy atom. The van der Waals surface area contributed by atoms with Gasteiger partial charge in [0.05, 0.1) is 28.3 Å². The van der Waals surface area contributed by atoms with Crippen LogP contribution in [0.4, 0.5) is 10.7 Å². The summed E-state index contributed by atoms with van der Waals surface area (Å²) in [4.78, 5) is 38.2. The quantitative estimate of drug-likeness (QED) is 0.444. The molecule has 0 aliphatic rings. The van der Waals surface area contributed by atoms with Gasteiger partial charge in [-0.3, -0.25) is 9.59 Å². The molecule has 1 aromatic heterocycles. The summed E-state index contributed by atoms with van der Waals surface area (Å²) in [7, 11) is 1.23. The Kier molecular flexibility index (Phi) is 7.00. The lowest BCUT2D eigenvalue weighted by molar-refractivity contribution is 0.0601. The van der Waals surface area contributed by atoms with Crippen molar-refractivity contribution in [1.82, 2.24) is 0 Å². The number of amides is 2. The molecule has 2 N–H and O–H groups in total. The van der Waals surface area contributed by atoms with Gasteiger partial charge >= 0.3 is 5.97 Å². The lowest BCUT2D eigenvalue weighted by Crippen LogP contribution is -2.14. The number of thiophene rings is 1. The maximum absolute atomic E-state index is 12.9. The molecule has 0 bridgehead atoms. The zero-order valence-corrected chi connectivity index (χ0v) is 19.2. The number of ether oxygens (including phenoxy) is 1. The molecule has 0 radical (unpaired) electrons. The Bertz CT molecular complexity index is 1190. The van der Waals surface area contributed by atoms with Crippen LogP contribution in [0.25, 0.3) is 0 Å². The Hall–Kier alpha value is -2.87. The average Bonchev–Trinajstić information content (AvgIpc) is 3.06. The van der Waals surface area contributed by atoms with Gasteiger partial charge in [-0.15, -0.1) is 11.3 Å². The SMILES string of the molecule is COC(=O)c1c(NC(=O)c2cccc(C)c2)sc(C(=O)Nc2cc(Cl)ccc2Cl)c1C. The van der Waals surface area contributed by atoms with Crippen LogP contribution in [0, 0.1) is 13.8 Å². The monoisotopic (exact) mass is 476 g/mol. The number of aryl methyl sites for hydroxylation is 1. The Morgan fingerprint density at radius 1 is 0.968 bits per heavy atom. The molecule has 2 amide bonds. The summed E-state index contributed by atoms with van der Waals surface area (Å²) in [5, 5.41) is 6.35. The molecule has 0 spiro atoms. The standard InChI is InChI=1S/C22H18Cl2N2O4S/c1-11-5-4-6-13(9-11)19(27)26-21-17(22(29)30-3)12(2)18(31-21)20(28)25-16-10-14(23)7-8-15(16)24/h4-10H,1-3H3,(H,25,28)(H,26,27). The van der Waals surface area contributed by atoms with Crippen LogP contribution in [-0.4, -0.2) is 24.9 Å². The van der Waals surface area contributed by atoms with Crippen LogP contribution in [0.15, 0.2) is 42.5 Å². The van der Waals surface area contributed by atoms with Gasteiger partial charge in [-0.05, 0) is 49.7 Å². The molecule has 3 aromatic rings. The number of esters is 1. The molecule has 2 aromatic carbocycles. The van der Waals surface area contributed by atoms with E-state index in [0.717, 1.165) is 16.9 Å². The molecule has 0 aliphatic heterocycles. The first-order valence-electron chi connectivity index (χ1n) is 9.07. The molecule has 0 atom stereocenters. The molecule has 0 saturated carbocycles. The molecule has 6 nitrogen and oxygen atoms in total. The highest BCUT2D eigenvalue weighted by atomic mass is 35.5. The zero-order chi connectivity index (χ0) is 22.7. The van der Waals surface area contributed by atoms with E-state index in [4.69, 9.17) is 27.9 Å². The summed E-state index contributed by atoms with van der Waals surface area (Å²) >= 11 is 13.1. The van der Waals surface area contributed by atoms with Crippen molar-refractivity contribution in [1.29, 1.82) is 0 Å². The van der Waals surface area contributed by atoms with Crippen molar-refractivity contribution < 1.29 is 19.1 Å². The molecule has 0 fully saturated rings. The van der Waals surface area contributed by atoms with E-state index in [1.807, 2.05) is 13.0 Å². The van der Waals surface area contributed by atoms with Gasteiger partial charge in [-0.25, -0.2) is 4.79 Å². The van der Waals surface area contributed by atoms with Crippen molar-refractivity contribution in [2.24, 2.45) is 0 Å². The predicted octanol–water partition coefficient (Wildman–Crippen LogP) is 5.96. The molecule has 0 saturated heterocycles. The largest absolute Gasteiger partial charge is 0.465 e. The molecule has 31 heavy (non-hydrogen) atoms. The van der Waals surface area contributed by atoms with Crippen LogP contribution in [0.5, 0.6) is 0 Å². The third kappa shape index (κ3) is 5.07. The third-order valence-electron chi connectivity index (χ3n) is 4.43. The second-order valence-corrected chi connectivity index (χ2v) is 8.52. The van der Waals surface area contributed by atoms with Crippen molar-refractivity contribution in [3.8, 4) is 0 Å². The molecule has 1 heterocycles. The topological polar surface area (TPSA) is 84.5 Å². The van der Waals surface area contributed by atoms with E-state index in [1.165, 1.54) is 13.2 Å². The minimum atomic E-state index is -0.659. The van der Waals surface area contributed by atoms with E-state index in [-0.39, 0.29) is 15.4 Å². The van der Waals surface area contributed by atoms with Crippen molar-refractivity contribution >= 4 is 63.0 Å². The van der Waals surface area contributed by atoms with E-state index in [2.05, 4.69) is 10.6 Å². The van der Waals surface area contributed by atoms with Gasteiger partial charge < -0.3 is 15.4 Å². The number of methoxy groups -OCH3 is 1. The number of carbonyl (C=O) groups is 3. The predicted molar refractivity (Wildman–Crippen MR) is 124 cm³/mol. The maximum Gasteiger partial charge on any atom is 0.341 e. The third-order valence-corrected chi connectivity index (χ3v) is 6.20. The highest BCUT2D eigenvalue weighted by molar-refractivity contribution is 7.19. The van der Waals surface area contributed by atoms with Crippen molar-refractivity contribution in [3.63, 3.8) is 0 Å². The van der Waals surface area contributed by atoms with Crippen LogP contribution < -0.4 is 10.6 Å². The van der Waals surface area contributed by atoms with E-state index >= 15 is 0 Å². The summed E-state index contributed by atoms with van der Waals surface area (Å²) in [6.45, 7) is 3.48. The van der Waals surface area contributed by atoms with E-state index in [0.29, 0.717) is 26.9 Å². The van der Waals surface area contributed by atoms with Crippen molar-refractivity contribution in [3.05, 3.63) is 79.6 Å². The van der Waals surface area contributed by atoms with Gasteiger partial charge in [0.15, 0.2) is 0 Å². The van der Waals surface area contributed by atoms with Gasteiger partial charge in [0.2, 0.25) is 0 Å². The van der Waals surface area contributed by atoms with Crippen LogP contribution in [0.2, 0.25) is 10.0 Å². The number of hydrogen-bond donors (Lipinski definition) is 2. The number of anilines is 2. The number of hydrogen-bond acceptors (Lipinski definition) is 5. The summed E-state index contributed by atoms with van der Waals surface area (Å²) in [5.74, 6) is -1.55. The van der Waals surface area contributed by atoms with Gasteiger partial charge in [-0.1, -0.05) is 40.9 Å². The van der Waals surface area contributed by atoms with Gasteiger partial charge in [0.25, 0.3) is 11.8 Å². The number of halogens is 2. The molecular formula is C22H18Cl2N2O4S. The number of carbonyl (C=O) groups excluding carboxylic acids is 3. The minimum Gasteiger partial charge on any atom is -0.465 e. The maximum atomic E-state index is 12.9. The first-order chi connectivity index (χ1) is 14.7. The summed E-state index contributed by atoms with van der Waals surface area (Å²) in [6.07, 6.45) is 0.